The van der Waals surface area contributed by atoms with Crippen molar-refractivity contribution in [2.75, 3.05) is 26.1 Å². The maximum atomic E-state index is 12.6. The van der Waals surface area contributed by atoms with Gasteiger partial charge < -0.3 is 14.2 Å². The average Bonchev–Trinajstić information content (AvgIpc) is 2.79. The molecule has 6 nitrogen and oxygen atoms in total. The molecule has 3 rings (SSSR count). The second-order valence-electron chi connectivity index (χ2n) is 6.60. The van der Waals surface area contributed by atoms with Crippen LogP contribution in [0.2, 0.25) is 10.0 Å². The molecule has 0 saturated carbocycles. The van der Waals surface area contributed by atoms with Crippen molar-refractivity contribution >= 4 is 51.1 Å². The van der Waals surface area contributed by atoms with Crippen LogP contribution in [-0.4, -0.2) is 29.7 Å². The van der Waals surface area contributed by atoms with Gasteiger partial charge in [0.2, 0.25) is 5.75 Å². The SMILES string of the molecule is COc1cc(C=Cc2ccc(NS(=O)(=O)c3ccc(Cl)c(Cl)c3)cc2)cc(OC)c1OC. The van der Waals surface area contributed by atoms with Gasteiger partial charge in [-0.25, -0.2) is 8.42 Å². The minimum atomic E-state index is -3.79. The molecule has 3 aromatic rings. The summed E-state index contributed by atoms with van der Waals surface area (Å²) in [6.45, 7) is 0. The summed E-state index contributed by atoms with van der Waals surface area (Å²) in [6.07, 6.45) is 3.78. The van der Waals surface area contributed by atoms with Gasteiger partial charge in [-0.2, -0.15) is 0 Å². The summed E-state index contributed by atoms with van der Waals surface area (Å²) in [4.78, 5) is 0.0262. The molecule has 3 aromatic carbocycles. The number of methoxy groups -OCH3 is 3. The zero-order chi connectivity index (χ0) is 23.3. The minimum absolute atomic E-state index is 0.0262. The highest BCUT2D eigenvalue weighted by molar-refractivity contribution is 7.92. The number of ether oxygens (including phenoxy) is 3. The Bertz CT molecular complexity index is 1220. The van der Waals surface area contributed by atoms with Gasteiger partial charge in [-0.3, -0.25) is 4.72 Å². The topological polar surface area (TPSA) is 73.9 Å². The fourth-order valence-electron chi connectivity index (χ4n) is 2.91. The fourth-order valence-corrected chi connectivity index (χ4v) is 4.36. The molecule has 0 aromatic heterocycles. The summed E-state index contributed by atoms with van der Waals surface area (Å²) in [5, 5.41) is 0.454. The summed E-state index contributed by atoms with van der Waals surface area (Å²) in [5.41, 5.74) is 2.14. The van der Waals surface area contributed by atoms with E-state index in [0.717, 1.165) is 11.1 Å². The molecule has 0 bridgehead atoms. The van der Waals surface area contributed by atoms with Crippen molar-refractivity contribution in [3.05, 3.63) is 75.8 Å². The summed E-state index contributed by atoms with van der Waals surface area (Å²) in [6, 6.07) is 14.7. The standard InChI is InChI=1S/C23H21Cl2NO5S/c1-29-21-12-16(13-22(30-2)23(21)31-3)5-4-15-6-8-17(9-7-15)26-32(27,28)18-10-11-19(24)20(25)14-18/h4-14,26H,1-3H3. The first-order chi connectivity index (χ1) is 15.3. The molecule has 0 aliphatic carbocycles. The Kier molecular flexibility index (Phi) is 7.56. The first kappa shape index (κ1) is 23.8. The van der Waals surface area contributed by atoms with E-state index in [4.69, 9.17) is 37.4 Å². The Morgan fingerprint density at radius 3 is 1.88 bits per heavy atom. The number of sulfonamides is 1. The van der Waals surface area contributed by atoms with Gasteiger partial charge in [-0.15, -0.1) is 0 Å². The molecule has 0 radical (unpaired) electrons. The molecule has 0 atom stereocenters. The average molecular weight is 494 g/mol. The first-order valence-corrected chi connectivity index (χ1v) is 11.6. The lowest BCUT2D eigenvalue weighted by molar-refractivity contribution is 0.324. The van der Waals surface area contributed by atoms with Crippen molar-refractivity contribution in [1.29, 1.82) is 0 Å². The summed E-state index contributed by atoms with van der Waals surface area (Å²) in [7, 11) is 0.871. The van der Waals surface area contributed by atoms with E-state index in [1.54, 1.807) is 45.6 Å². The van der Waals surface area contributed by atoms with Crippen molar-refractivity contribution in [3.8, 4) is 17.2 Å². The van der Waals surface area contributed by atoms with Crippen molar-refractivity contribution in [1.82, 2.24) is 0 Å². The van der Waals surface area contributed by atoms with Crippen LogP contribution in [-0.2, 0) is 10.0 Å². The molecule has 0 fully saturated rings. The van der Waals surface area contributed by atoms with Crippen LogP contribution in [0.15, 0.2) is 59.5 Å². The molecule has 9 heteroatoms. The molecule has 0 amide bonds. The van der Waals surface area contributed by atoms with E-state index in [2.05, 4.69) is 4.72 Å². The van der Waals surface area contributed by atoms with Crippen LogP contribution in [0.4, 0.5) is 5.69 Å². The highest BCUT2D eigenvalue weighted by atomic mass is 35.5. The van der Waals surface area contributed by atoms with E-state index in [9.17, 15) is 8.42 Å². The quantitative estimate of drug-likeness (QED) is 0.390. The first-order valence-electron chi connectivity index (χ1n) is 9.33. The summed E-state index contributed by atoms with van der Waals surface area (Å²) >= 11 is 11.8. The molecule has 168 valence electrons. The Balaban J connectivity index is 1.77. The number of anilines is 1. The molecule has 0 saturated heterocycles. The molecule has 0 spiro atoms. The van der Waals surface area contributed by atoms with Gasteiger partial charge in [0.1, 0.15) is 0 Å². The Labute approximate surface area is 197 Å². The summed E-state index contributed by atoms with van der Waals surface area (Å²) in [5.74, 6) is 1.63. The second kappa shape index (κ2) is 10.2. The van der Waals surface area contributed by atoms with Crippen LogP contribution in [0.3, 0.4) is 0 Å². The third kappa shape index (κ3) is 5.48. The predicted octanol–water partition coefficient (Wildman–Crippen LogP) is 5.99. The van der Waals surface area contributed by atoms with Crippen LogP contribution in [0, 0.1) is 0 Å². The number of hydrogen-bond donors (Lipinski definition) is 1. The van der Waals surface area contributed by atoms with E-state index < -0.39 is 10.0 Å². The highest BCUT2D eigenvalue weighted by Gasteiger charge is 2.16. The monoisotopic (exact) mass is 493 g/mol. The molecule has 0 unspecified atom stereocenters. The van der Waals surface area contributed by atoms with Crippen LogP contribution in [0.25, 0.3) is 12.2 Å². The van der Waals surface area contributed by atoms with E-state index in [1.165, 1.54) is 18.2 Å². The van der Waals surface area contributed by atoms with Gasteiger partial charge >= 0.3 is 0 Å². The Hall–Kier alpha value is -2.87. The van der Waals surface area contributed by atoms with Crippen molar-refractivity contribution in [3.63, 3.8) is 0 Å². The maximum Gasteiger partial charge on any atom is 0.261 e. The minimum Gasteiger partial charge on any atom is -0.493 e. The summed E-state index contributed by atoms with van der Waals surface area (Å²) < 4.78 is 43.7. The van der Waals surface area contributed by atoms with Gasteiger partial charge in [0.25, 0.3) is 10.0 Å². The number of rotatable bonds is 8. The number of halogens is 2. The lowest BCUT2D eigenvalue weighted by atomic mass is 10.1. The molecule has 0 aliphatic rings. The van der Waals surface area contributed by atoms with E-state index in [1.807, 2.05) is 24.3 Å². The van der Waals surface area contributed by atoms with Crippen LogP contribution >= 0.6 is 23.2 Å². The van der Waals surface area contributed by atoms with Crippen LogP contribution in [0.5, 0.6) is 17.2 Å². The zero-order valence-electron chi connectivity index (χ0n) is 17.6. The Morgan fingerprint density at radius 1 is 0.750 bits per heavy atom. The van der Waals surface area contributed by atoms with Gasteiger partial charge in [0.05, 0.1) is 36.3 Å². The molecule has 0 heterocycles. The normalized spacial score (nSPS) is 11.4. The molecule has 32 heavy (non-hydrogen) atoms. The third-order valence-corrected chi connectivity index (χ3v) is 6.64. The molecular weight excluding hydrogens is 473 g/mol. The number of benzene rings is 3. The number of hydrogen-bond acceptors (Lipinski definition) is 5. The van der Waals surface area contributed by atoms with Crippen molar-refractivity contribution in [2.45, 2.75) is 4.90 Å². The van der Waals surface area contributed by atoms with Crippen LogP contribution < -0.4 is 18.9 Å². The predicted molar refractivity (Wildman–Crippen MR) is 129 cm³/mol. The Morgan fingerprint density at radius 2 is 1.34 bits per heavy atom. The largest absolute Gasteiger partial charge is 0.493 e. The van der Waals surface area contributed by atoms with E-state index in [-0.39, 0.29) is 14.9 Å². The molecule has 1 N–H and O–H groups in total. The van der Waals surface area contributed by atoms with Crippen LogP contribution in [0.1, 0.15) is 11.1 Å². The third-order valence-electron chi connectivity index (χ3n) is 4.52. The van der Waals surface area contributed by atoms with E-state index >= 15 is 0 Å². The van der Waals surface area contributed by atoms with Crippen molar-refractivity contribution in [2.24, 2.45) is 0 Å². The lowest BCUT2D eigenvalue weighted by Gasteiger charge is -2.12. The highest BCUT2D eigenvalue weighted by Crippen LogP contribution is 2.38. The number of nitrogens with one attached hydrogen (secondary N) is 1. The van der Waals surface area contributed by atoms with Gasteiger partial charge in [0, 0.05) is 5.69 Å². The van der Waals surface area contributed by atoms with Gasteiger partial charge in [-0.1, -0.05) is 47.5 Å². The molecule has 0 aliphatic heterocycles. The lowest BCUT2D eigenvalue weighted by Crippen LogP contribution is -2.12. The van der Waals surface area contributed by atoms with Crippen molar-refractivity contribution < 1.29 is 22.6 Å². The second-order valence-corrected chi connectivity index (χ2v) is 9.09. The zero-order valence-corrected chi connectivity index (χ0v) is 19.9. The fraction of sp³-hybridized carbons (Fsp3) is 0.130. The van der Waals surface area contributed by atoms with E-state index in [0.29, 0.717) is 22.9 Å². The maximum absolute atomic E-state index is 12.6. The molecular formula is C23H21Cl2NO5S. The van der Waals surface area contributed by atoms with Gasteiger partial charge in [-0.05, 0) is 53.6 Å². The smallest absolute Gasteiger partial charge is 0.261 e. The van der Waals surface area contributed by atoms with Gasteiger partial charge in [0.15, 0.2) is 11.5 Å².